The van der Waals surface area contributed by atoms with Gasteiger partial charge in [0.15, 0.2) is 0 Å². The number of aryl methyl sites for hydroxylation is 1. The maximum Gasteiger partial charge on any atom is 0.345 e. The third-order valence-electron chi connectivity index (χ3n) is 3.62. The van der Waals surface area contributed by atoms with Crippen molar-refractivity contribution in [1.82, 2.24) is 18.7 Å². The lowest BCUT2D eigenvalue weighted by Gasteiger charge is -2.19. The van der Waals surface area contributed by atoms with Crippen LogP contribution in [0.5, 0.6) is 0 Å². The summed E-state index contributed by atoms with van der Waals surface area (Å²) in [6.45, 7) is 0.928. The highest BCUT2D eigenvalue weighted by Gasteiger charge is 2.27. The molecule has 0 amide bonds. The van der Waals surface area contributed by atoms with Gasteiger partial charge < -0.3 is 0 Å². The van der Waals surface area contributed by atoms with Gasteiger partial charge in [0.05, 0.1) is 4.90 Å². The molecule has 0 aliphatic carbocycles. The fourth-order valence-electron chi connectivity index (χ4n) is 2.49. The first-order valence-corrected chi connectivity index (χ1v) is 8.12. The van der Waals surface area contributed by atoms with Crippen molar-refractivity contribution >= 4 is 10.0 Å². The van der Waals surface area contributed by atoms with E-state index in [0.717, 1.165) is 0 Å². The summed E-state index contributed by atoms with van der Waals surface area (Å²) in [6, 6.07) is 8.34. The molecule has 21 heavy (non-hydrogen) atoms. The van der Waals surface area contributed by atoms with E-state index in [9.17, 15) is 13.2 Å². The van der Waals surface area contributed by atoms with E-state index >= 15 is 0 Å². The second kappa shape index (κ2) is 5.12. The predicted octanol–water partition coefficient (Wildman–Crippen LogP) is -0.171. The fourth-order valence-corrected chi connectivity index (χ4v) is 3.95. The van der Waals surface area contributed by atoms with Gasteiger partial charge >= 0.3 is 5.69 Å². The van der Waals surface area contributed by atoms with Crippen LogP contribution in [0.15, 0.2) is 40.0 Å². The van der Waals surface area contributed by atoms with Crippen molar-refractivity contribution in [3.63, 3.8) is 0 Å². The van der Waals surface area contributed by atoms with E-state index in [1.165, 1.54) is 8.99 Å². The summed E-state index contributed by atoms with van der Waals surface area (Å²) in [5, 5.41) is 4.15. The highest BCUT2D eigenvalue weighted by Crippen LogP contribution is 2.17. The Balaban J connectivity index is 1.89. The van der Waals surface area contributed by atoms with E-state index in [1.54, 1.807) is 41.9 Å². The molecule has 0 spiro atoms. The van der Waals surface area contributed by atoms with E-state index < -0.39 is 10.0 Å². The molecule has 0 N–H and O–H groups in total. The molecule has 2 aromatic rings. The van der Waals surface area contributed by atoms with Crippen molar-refractivity contribution in [2.75, 3.05) is 13.1 Å². The number of nitrogens with zero attached hydrogens (tertiary/aromatic N) is 4. The van der Waals surface area contributed by atoms with Crippen molar-refractivity contribution in [2.24, 2.45) is 7.05 Å². The molecule has 1 aromatic heterocycles. The summed E-state index contributed by atoms with van der Waals surface area (Å²) in [6.07, 6.45) is 0.433. The number of rotatable bonds is 2. The second-order valence-corrected chi connectivity index (χ2v) is 6.88. The molecule has 0 saturated carbocycles. The van der Waals surface area contributed by atoms with Gasteiger partial charge in [-0.2, -0.15) is 9.40 Å². The van der Waals surface area contributed by atoms with Gasteiger partial charge in [-0.15, -0.1) is 0 Å². The summed E-state index contributed by atoms with van der Waals surface area (Å²) in [5.74, 6) is 0.633. The number of hydrogen-bond donors (Lipinski definition) is 0. The van der Waals surface area contributed by atoms with Crippen LogP contribution in [0.4, 0.5) is 0 Å². The monoisotopic (exact) mass is 308 g/mol. The Morgan fingerprint density at radius 2 is 1.81 bits per heavy atom. The van der Waals surface area contributed by atoms with Crippen molar-refractivity contribution in [3.05, 3.63) is 46.6 Å². The van der Waals surface area contributed by atoms with Crippen LogP contribution >= 0.6 is 0 Å². The average molecular weight is 308 g/mol. The van der Waals surface area contributed by atoms with Crippen LogP contribution in [0.25, 0.3) is 0 Å². The fraction of sp³-hybridized carbons (Fsp3) is 0.385. The number of sulfonamides is 1. The van der Waals surface area contributed by atoms with E-state index in [4.69, 9.17) is 0 Å². The molecule has 1 aliphatic heterocycles. The molecule has 112 valence electrons. The lowest BCUT2D eigenvalue weighted by molar-refractivity contribution is 0.411. The second-order valence-electron chi connectivity index (χ2n) is 4.94. The summed E-state index contributed by atoms with van der Waals surface area (Å²) in [4.78, 5) is 12.2. The van der Waals surface area contributed by atoms with E-state index in [-0.39, 0.29) is 17.1 Å². The molecule has 7 nitrogen and oxygen atoms in total. The van der Waals surface area contributed by atoms with Crippen molar-refractivity contribution in [3.8, 4) is 0 Å². The van der Waals surface area contributed by atoms with Gasteiger partial charge in [0.2, 0.25) is 10.0 Å². The van der Waals surface area contributed by atoms with Gasteiger partial charge in [-0.1, -0.05) is 18.2 Å². The minimum atomic E-state index is -3.52. The highest BCUT2D eigenvalue weighted by molar-refractivity contribution is 7.89. The first kappa shape index (κ1) is 14.0. The van der Waals surface area contributed by atoms with Crippen LogP contribution < -0.4 is 5.69 Å². The van der Waals surface area contributed by atoms with Crippen molar-refractivity contribution in [2.45, 2.75) is 17.9 Å². The van der Waals surface area contributed by atoms with E-state index in [2.05, 4.69) is 5.10 Å². The molecule has 8 heteroatoms. The van der Waals surface area contributed by atoms with Crippen molar-refractivity contribution in [1.29, 1.82) is 0 Å². The zero-order chi connectivity index (χ0) is 15.0. The summed E-state index contributed by atoms with van der Waals surface area (Å²) in [7, 11) is -1.92. The summed E-state index contributed by atoms with van der Waals surface area (Å²) < 4.78 is 29.4. The molecular weight excluding hydrogens is 292 g/mol. The molecule has 1 aromatic carbocycles. The quantitative estimate of drug-likeness (QED) is 0.772. The Morgan fingerprint density at radius 1 is 1.10 bits per heavy atom. The predicted molar refractivity (Wildman–Crippen MR) is 76.4 cm³/mol. The van der Waals surface area contributed by atoms with Gasteiger partial charge in [-0.3, -0.25) is 4.57 Å². The molecule has 0 atom stereocenters. The Kier molecular flexibility index (Phi) is 3.42. The molecule has 0 radical (unpaired) electrons. The lowest BCUT2D eigenvalue weighted by Crippen LogP contribution is -2.35. The van der Waals surface area contributed by atoms with Crippen LogP contribution in [0, 0.1) is 0 Å². The van der Waals surface area contributed by atoms with Crippen molar-refractivity contribution < 1.29 is 8.42 Å². The molecular formula is C13H16N4O3S. The molecule has 0 fully saturated rings. The molecule has 2 heterocycles. The maximum atomic E-state index is 12.6. The number of benzene rings is 1. The maximum absolute atomic E-state index is 12.6. The normalized spacial score (nSPS) is 16.4. The highest BCUT2D eigenvalue weighted by atomic mass is 32.2. The van der Waals surface area contributed by atoms with Crippen LogP contribution in [-0.4, -0.2) is 40.2 Å². The van der Waals surface area contributed by atoms with Crippen LogP contribution in [0.2, 0.25) is 0 Å². The molecule has 3 rings (SSSR count). The first-order chi connectivity index (χ1) is 10.00. The van der Waals surface area contributed by atoms with Gasteiger partial charge in [0, 0.05) is 33.1 Å². The Labute approximate surface area is 122 Å². The minimum Gasteiger partial charge on any atom is -0.278 e. The third-order valence-corrected chi connectivity index (χ3v) is 5.54. The van der Waals surface area contributed by atoms with Crippen LogP contribution in [-0.2, 0) is 30.0 Å². The molecule has 0 saturated heterocycles. The zero-order valence-electron chi connectivity index (χ0n) is 11.6. The molecule has 0 unspecified atom stereocenters. The van der Waals surface area contributed by atoms with Gasteiger partial charge in [-0.05, 0) is 12.1 Å². The third kappa shape index (κ3) is 2.40. The minimum absolute atomic E-state index is 0.205. The molecule has 1 aliphatic rings. The number of hydrogen-bond acceptors (Lipinski definition) is 4. The molecule has 0 bridgehead atoms. The van der Waals surface area contributed by atoms with Crippen LogP contribution in [0.1, 0.15) is 5.82 Å². The van der Waals surface area contributed by atoms with Gasteiger partial charge in [0.1, 0.15) is 5.82 Å². The van der Waals surface area contributed by atoms with Crippen LogP contribution in [0.3, 0.4) is 0 Å². The largest absolute Gasteiger partial charge is 0.345 e. The number of aromatic nitrogens is 3. The average Bonchev–Trinajstić information content (AvgIpc) is 2.67. The van der Waals surface area contributed by atoms with Gasteiger partial charge in [-0.25, -0.2) is 17.9 Å². The smallest absolute Gasteiger partial charge is 0.278 e. The van der Waals surface area contributed by atoms with E-state index in [1.807, 2.05) is 0 Å². The Morgan fingerprint density at radius 3 is 2.52 bits per heavy atom. The standard InChI is InChI=1S/C13H16N4O3S/c1-15-13(18)17-10-9-16(8-7-12(17)14-15)21(19,20)11-5-3-2-4-6-11/h2-6H,7-10H2,1H3. The Bertz CT molecular complexity index is 808. The van der Waals surface area contributed by atoms with Gasteiger partial charge in [0.25, 0.3) is 0 Å². The summed E-state index contributed by atoms with van der Waals surface area (Å²) in [5.41, 5.74) is -0.205. The lowest BCUT2D eigenvalue weighted by atomic mass is 10.4. The first-order valence-electron chi connectivity index (χ1n) is 6.68. The number of fused-ring (bicyclic) bond motifs is 1. The zero-order valence-corrected chi connectivity index (χ0v) is 12.5. The SMILES string of the molecule is Cn1nc2n(c1=O)CCN(S(=O)(=O)c1ccccc1)CC2. The topological polar surface area (TPSA) is 77.2 Å². The van der Waals surface area contributed by atoms with E-state index in [0.29, 0.717) is 25.3 Å². The summed E-state index contributed by atoms with van der Waals surface area (Å²) >= 11 is 0. The Hall–Kier alpha value is -1.93.